The molecule has 0 atom stereocenters. The average molecular weight is 351 g/mol. The maximum absolute atomic E-state index is 12.9. The number of carbonyl (C=O) groups excluding carboxylic acids is 1. The molecular weight excluding hydrogens is 339 g/mol. The molecule has 0 bridgehead atoms. The first-order valence-electron chi connectivity index (χ1n) is 6.71. The molecule has 0 saturated heterocycles. The normalized spacial score (nSPS) is 11.9. The molecule has 0 fully saturated rings. The van der Waals surface area contributed by atoms with Gasteiger partial charge in [0.05, 0.1) is 16.0 Å². The third-order valence-electron chi connectivity index (χ3n) is 2.99. The molecule has 0 radical (unpaired) electrons. The maximum atomic E-state index is 12.9. The zero-order valence-corrected chi connectivity index (χ0v) is 13.6. The van der Waals surface area contributed by atoms with Crippen LogP contribution in [-0.2, 0) is 4.79 Å². The summed E-state index contributed by atoms with van der Waals surface area (Å²) < 4.78 is 42.8. The lowest BCUT2D eigenvalue weighted by Crippen LogP contribution is -2.25. The van der Waals surface area contributed by atoms with Crippen molar-refractivity contribution >= 4 is 22.9 Å². The quantitative estimate of drug-likeness (QED) is 0.788. The van der Waals surface area contributed by atoms with Crippen LogP contribution >= 0.6 is 11.5 Å². The highest BCUT2D eigenvalue weighted by Crippen LogP contribution is 2.35. The number of rotatable bonds is 4. The van der Waals surface area contributed by atoms with Crippen LogP contribution in [0.15, 0.2) is 36.5 Å². The summed E-state index contributed by atoms with van der Waals surface area (Å²) in [5.74, 6) is -2.00. The van der Waals surface area contributed by atoms with E-state index in [1.807, 2.05) is 6.07 Å². The van der Waals surface area contributed by atoms with Gasteiger partial charge >= 0.3 is 6.18 Å². The molecule has 1 heterocycles. The monoisotopic (exact) mass is 351 g/mol. The highest BCUT2D eigenvalue weighted by atomic mass is 32.1. The van der Waals surface area contributed by atoms with E-state index in [1.165, 1.54) is 19.0 Å². The van der Waals surface area contributed by atoms with Crippen LogP contribution in [0.25, 0.3) is 16.8 Å². The van der Waals surface area contributed by atoms with Crippen molar-refractivity contribution in [1.29, 1.82) is 5.26 Å². The van der Waals surface area contributed by atoms with Gasteiger partial charge in [0.15, 0.2) is 0 Å². The van der Waals surface area contributed by atoms with Gasteiger partial charge in [0.25, 0.3) is 5.78 Å². The highest BCUT2D eigenvalue weighted by molar-refractivity contribution is 7.08. The Kier molecular flexibility index (Phi) is 5.04. The zero-order valence-electron chi connectivity index (χ0n) is 12.8. The molecule has 0 aliphatic rings. The van der Waals surface area contributed by atoms with Crippen LogP contribution < -0.4 is 0 Å². The summed E-state index contributed by atoms with van der Waals surface area (Å²) in [5, 5.41) is 9.40. The smallest absolute Gasteiger partial charge is 0.383 e. The molecule has 2 aromatic rings. The first kappa shape index (κ1) is 17.7. The molecule has 0 amide bonds. The molecule has 1 aromatic heterocycles. The predicted octanol–water partition coefficient (Wildman–Crippen LogP) is 3.72. The fourth-order valence-corrected chi connectivity index (χ4v) is 2.86. The van der Waals surface area contributed by atoms with Gasteiger partial charge in [-0.1, -0.05) is 30.3 Å². The Balaban J connectivity index is 2.63. The van der Waals surface area contributed by atoms with Crippen LogP contribution in [-0.4, -0.2) is 35.3 Å². The Morgan fingerprint density at radius 2 is 1.92 bits per heavy atom. The van der Waals surface area contributed by atoms with Crippen molar-refractivity contribution in [1.82, 2.24) is 9.27 Å². The number of benzene rings is 1. The number of Topliss-reactive ketones (excluding diaryl/α,β-unsaturated/α-hetero) is 1. The Labute approximate surface area is 140 Å². The Morgan fingerprint density at radius 1 is 1.29 bits per heavy atom. The number of allylic oxidation sites excluding steroid dienone is 1. The topological polar surface area (TPSA) is 57.0 Å². The van der Waals surface area contributed by atoms with Crippen molar-refractivity contribution in [2.45, 2.75) is 6.18 Å². The van der Waals surface area contributed by atoms with Gasteiger partial charge in [0, 0.05) is 25.9 Å². The van der Waals surface area contributed by atoms with E-state index in [-0.39, 0.29) is 16.1 Å². The van der Waals surface area contributed by atoms with E-state index in [9.17, 15) is 23.2 Å². The minimum absolute atomic E-state index is 0.0445. The van der Waals surface area contributed by atoms with Crippen LogP contribution in [0.1, 0.15) is 10.4 Å². The number of nitrogens with zero attached hydrogens (tertiary/aromatic N) is 3. The van der Waals surface area contributed by atoms with E-state index in [0.717, 1.165) is 6.20 Å². The molecule has 4 nitrogen and oxygen atoms in total. The van der Waals surface area contributed by atoms with Crippen molar-refractivity contribution in [3.63, 3.8) is 0 Å². The summed E-state index contributed by atoms with van der Waals surface area (Å²) >= 11 is 0.702. The molecule has 0 aliphatic carbocycles. The van der Waals surface area contributed by atoms with Crippen LogP contribution in [0.3, 0.4) is 0 Å². The van der Waals surface area contributed by atoms with E-state index in [0.29, 0.717) is 17.1 Å². The van der Waals surface area contributed by atoms with Crippen LogP contribution in [0.5, 0.6) is 0 Å². The van der Waals surface area contributed by atoms with Crippen LogP contribution in [0.4, 0.5) is 13.2 Å². The molecule has 0 saturated carbocycles. The molecule has 2 rings (SSSR count). The SMILES string of the molecule is CN(C)C=C(C(=O)C(F)(F)F)c1snc(-c2ccccc2)c1C#N. The average Bonchev–Trinajstić information content (AvgIpc) is 2.95. The van der Waals surface area contributed by atoms with E-state index >= 15 is 0 Å². The Bertz CT molecular complexity index is 817. The maximum Gasteiger partial charge on any atom is 0.454 e. The minimum Gasteiger partial charge on any atom is -0.383 e. The number of carbonyl (C=O) groups is 1. The number of ketones is 1. The molecule has 124 valence electrons. The lowest BCUT2D eigenvalue weighted by atomic mass is 10.0. The zero-order chi connectivity index (χ0) is 17.9. The molecule has 24 heavy (non-hydrogen) atoms. The Hall–Kier alpha value is -2.66. The number of hydrogen-bond acceptors (Lipinski definition) is 5. The van der Waals surface area contributed by atoms with Gasteiger partial charge in [-0.05, 0) is 11.5 Å². The summed E-state index contributed by atoms with van der Waals surface area (Å²) in [7, 11) is 2.99. The van der Waals surface area contributed by atoms with Gasteiger partial charge in [-0.3, -0.25) is 4.79 Å². The van der Waals surface area contributed by atoms with Crippen molar-refractivity contribution < 1.29 is 18.0 Å². The largest absolute Gasteiger partial charge is 0.454 e. The molecule has 0 unspecified atom stereocenters. The minimum atomic E-state index is -5.04. The van der Waals surface area contributed by atoms with Crippen LogP contribution in [0, 0.1) is 11.3 Å². The van der Waals surface area contributed by atoms with E-state index < -0.39 is 17.5 Å². The second-order valence-corrected chi connectivity index (χ2v) is 5.82. The second kappa shape index (κ2) is 6.84. The summed E-state index contributed by atoms with van der Waals surface area (Å²) in [5.41, 5.74) is 0.221. The second-order valence-electron chi connectivity index (χ2n) is 5.05. The van der Waals surface area contributed by atoms with Crippen molar-refractivity contribution in [3.05, 3.63) is 47.0 Å². The fourth-order valence-electron chi connectivity index (χ4n) is 2.00. The van der Waals surface area contributed by atoms with Crippen molar-refractivity contribution in [3.8, 4) is 17.3 Å². The van der Waals surface area contributed by atoms with Gasteiger partial charge < -0.3 is 4.90 Å². The van der Waals surface area contributed by atoms with Gasteiger partial charge in [0.1, 0.15) is 11.8 Å². The van der Waals surface area contributed by atoms with Gasteiger partial charge in [-0.2, -0.15) is 22.8 Å². The lowest BCUT2D eigenvalue weighted by Gasteiger charge is -2.12. The molecular formula is C16H12F3N3OS. The molecule has 0 aliphatic heterocycles. The molecule has 0 N–H and O–H groups in total. The Morgan fingerprint density at radius 3 is 2.42 bits per heavy atom. The molecule has 0 spiro atoms. The first-order chi connectivity index (χ1) is 11.3. The van der Waals surface area contributed by atoms with Crippen molar-refractivity contribution in [2.24, 2.45) is 0 Å². The predicted molar refractivity (Wildman–Crippen MR) is 85.0 cm³/mol. The fraction of sp³-hybridized carbons (Fsp3) is 0.188. The third kappa shape index (κ3) is 3.63. The number of aromatic nitrogens is 1. The van der Waals surface area contributed by atoms with Gasteiger partial charge in [-0.25, -0.2) is 0 Å². The van der Waals surface area contributed by atoms with Gasteiger partial charge in [-0.15, -0.1) is 0 Å². The third-order valence-corrected chi connectivity index (χ3v) is 3.87. The molecule has 8 heteroatoms. The lowest BCUT2D eigenvalue weighted by molar-refractivity contribution is -0.164. The van der Waals surface area contributed by atoms with Gasteiger partial charge in [0.2, 0.25) is 0 Å². The standard InChI is InChI=1S/C16H12F3N3OS/c1-22(2)9-12(15(23)16(17,18)19)14-11(8-20)13(21-24-14)10-6-4-3-5-7-10/h3-7,9H,1-2H3. The van der Waals surface area contributed by atoms with E-state index in [4.69, 9.17) is 0 Å². The molecule has 1 aromatic carbocycles. The summed E-state index contributed by atoms with van der Waals surface area (Å²) in [6, 6.07) is 10.5. The van der Waals surface area contributed by atoms with E-state index in [1.54, 1.807) is 30.3 Å². The first-order valence-corrected chi connectivity index (χ1v) is 7.48. The highest BCUT2D eigenvalue weighted by Gasteiger charge is 2.42. The summed E-state index contributed by atoms with van der Waals surface area (Å²) in [4.78, 5) is 13.0. The van der Waals surface area contributed by atoms with Crippen LogP contribution in [0.2, 0.25) is 0 Å². The van der Waals surface area contributed by atoms with E-state index in [2.05, 4.69) is 4.37 Å². The number of halogens is 3. The van der Waals surface area contributed by atoms with Crippen molar-refractivity contribution in [2.75, 3.05) is 14.1 Å². The number of alkyl halides is 3. The summed E-state index contributed by atoms with van der Waals surface area (Å²) in [6.45, 7) is 0. The number of hydrogen-bond donors (Lipinski definition) is 0. The summed E-state index contributed by atoms with van der Waals surface area (Å²) in [6.07, 6.45) is -3.98. The number of nitriles is 1.